The van der Waals surface area contributed by atoms with E-state index in [0.717, 1.165) is 4.90 Å². The number of hydrogen-bond acceptors (Lipinski definition) is 2. The van der Waals surface area contributed by atoms with Crippen LogP contribution in [-0.4, -0.2) is 12.0 Å². The van der Waals surface area contributed by atoms with Gasteiger partial charge in [-0.3, -0.25) is 4.79 Å². The molecule has 0 aliphatic heterocycles. The molecule has 4 heteroatoms. The van der Waals surface area contributed by atoms with Crippen LogP contribution in [0.25, 0.3) is 0 Å². The number of Topliss-reactive ketones (excluding diaryl/α,β-unsaturated/α-hetero) is 1. The summed E-state index contributed by atoms with van der Waals surface area (Å²) in [5.41, 5.74) is 1.36. The van der Waals surface area contributed by atoms with Gasteiger partial charge in [0.2, 0.25) is 0 Å². The van der Waals surface area contributed by atoms with Crippen LogP contribution >= 0.6 is 27.7 Å². The molecular formula is C15H12BrFOS. The van der Waals surface area contributed by atoms with E-state index < -0.39 is 0 Å². The molecule has 19 heavy (non-hydrogen) atoms. The molecule has 2 aromatic carbocycles. The highest BCUT2D eigenvalue weighted by atomic mass is 79.9. The lowest BCUT2D eigenvalue weighted by molar-refractivity contribution is 0.0990. The van der Waals surface area contributed by atoms with E-state index in [1.807, 2.05) is 30.5 Å². The lowest BCUT2D eigenvalue weighted by Gasteiger charge is -2.07. The SMILES string of the molecule is CSc1ccccc1C(=O)Cc1cc(F)cc(Br)c1. The molecule has 0 atom stereocenters. The predicted octanol–water partition coefficient (Wildman–Crippen LogP) is 4.74. The number of carbonyl (C=O) groups excluding carboxylic acids is 1. The van der Waals surface area contributed by atoms with Crippen molar-refractivity contribution in [3.05, 3.63) is 63.9 Å². The van der Waals surface area contributed by atoms with Crippen molar-refractivity contribution in [2.45, 2.75) is 11.3 Å². The van der Waals surface area contributed by atoms with Crippen LogP contribution in [0.2, 0.25) is 0 Å². The average Bonchev–Trinajstić information content (AvgIpc) is 2.37. The Morgan fingerprint density at radius 3 is 2.68 bits per heavy atom. The molecule has 0 fully saturated rings. The zero-order valence-electron chi connectivity index (χ0n) is 10.3. The van der Waals surface area contributed by atoms with E-state index in [9.17, 15) is 9.18 Å². The molecule has 2 aromatic rings. The van der Waals surface area contributed by atoms with Crippen molar-refractivity contribution in [1.82, 2.24) is 0 Å². The third-order valence-electron chi connectivity index (χ3n) is 2.69. The van der Waals surface area contributed by atoms with Gasteiger partial charge in [-0.1, -0.05) is 34.1 Å². The van der Waals surface area contributed by atoms with Crippen LogP contribution in [0.15, 0.2) is 51.8 Å². The highest BCUT2D eigenvalue weighted by Gasteiger charge is 2.12. The van der Waals surface area contributed by atoms with Crippen LogP contribution in [0.5, 0.6) is 0 Å². The first-order valence-corrected chi connectivity index (χ1v) is 7.73. The standard InChI is InChI=1S/C15H12BrFOS/c1-19-15-5-3-2-4-13(15)14(18)8-10-6-11(16)9-12(17)7-10/h2-7,9H,8H2,1H3. The summed E-state index contributed by atoms with van der Waals surface area (Å²) in [7, 11) is 0. The van der Waals surface area contributed by atoms with E-state index in [4.69, 9.17) is 0 Å². The summed E-state index contributed by atoms with van der Waals surface area (Å²) in [6.07, 6.45) is 2.14. The monoisotopic (exact) mass is 338 g/mol. The first kappa shape index (κ1) is 14.3. The van der Waals surface area contributed by atoms with Gasteiger partial charge in [-0.05, 0) is 36.1 Å². The van der Waals surface area contributed by atoms with E-state index in [0.29, 0.717) is 15.6 Å². The van der Waals surface area contributed by atoms with Crippen LogP contribution in [-0.2, 0) is 6.42 Å². The zero-order chi connectivity index (χ0) is 13.8. The number of hydrogen-bond donors (Lipinski definition) is 0. The molecule has 1 nitrogen and oxygen atoms in total. The Balaban J connectivity index is 2.25. The summed E-state index contributed by atoms with van der Waals surface area (Å²) in [4.78, 5) is 13.2. The average molecular weight is 339 g/mol. The van der Waals surface area contributed by atoms with Crippen molar-refractivity contribution in [2.75, 3.05) is 6.26 Å². The van der Waals surface area contributed by atoms with Gasteiger partial charge >= 0.3 is 0 Å². The van der Waals surface area contributed by atoms with Gasteiger partial charge in [0.1, 0.15) is 5.82 Å². The van der Waals surface area contributed by atoms with Gasteiger partial charge in [0.25, 0.3) is 0 Å². The number of benzene rings is 2. The van der Waals surface area contributed by atoms with Crippen molar-refractivity contribution in [1.29, 1.82) is 0 Å². The maximum absolute atomic E-state index is 13.3. The van der Waals surface area contributed by atoms with Gasteiger partial charge in [-0.25, -0.2) is 4.39 Å². The maximum Gasteiger partial charge on any atom is 0.168 e. The molecule has 0 saturated heterocycles. The molecule has 0 unspecified atom stereocenters. The minimum Gasteiger partial charge on any atom is -0.294 e. The summed E-state index contributed by atoms with van der Waals surface area (Å²) in [6, 6.07) is 12.0. The molecule has 0 N–H and O–H groups in total. The first-order valence-electron chi connectivity index (χ1n) is 5.71. The van der Waals surface area contributed by atoms with Gasteiger partial charge in [0.05, 0.1) is 0 Å². The quantitative estimate of drug-likeness (QED) is 0.591. The van der Waals surface area contributed by atoms with Gasteiger partial charge in [-0.2, -0.15) is 0 Å². The molecule has 98 valence electrons. The molecule has 0 radical (unpaired) electrons. The number of carbonyl (C=O) groups is 1. The number of thioether (sulfide) groups is 1. The van der Waals surface area contributed by atoms with Crippen molar-refractivity contribution >= 4 is 33.5 Å². The van der Waals surface area contributed by atoms with Gasteiger partial charge in [0, 0.05) is 21.4 Å². The Bertz CT molecular complexity index is 593. The molecule has 0 heterocycles. The third-order valence-corrected chi connectivity index (χ3v) is 3.95. The highest BCUT2D eigenvalue weighted by Crippen LogP contribution is 2.22. The van der Waals surface area contributed by atoms with Crippen LogP contribution in [0.3, 0.4) is 0 Å². The van der Waals surface area contributed by atoms with Crippen LogP contribution in [0.1, 0.15) is 15.9 Å². The summed E-state index contributed by atoms with van der Waals surface area (Å²) >= 11 is 4.77. The Labute approximate surface area is 124 Å². The molecule has 0 aromatic heterocycles. The largest absolute Gasteiger partial charge is 0.294 e. The second-order valence-electron chi connectivity index (χ2n) is 4.08. The minimum atomic E-state index is -0.338. The van der Waals surface area contributed by atoms with Crippen molar-refractivity contribution in [2.24, 2.45) is 0 Å². The summed E-state index contributed by atoms with van der Waals surface area (Å²) in [6.45, 7) is 0. The van der Waals surface area contributed by atoms with E-state index in [1.54, 1.807) is 6.07 Å². The highest BCUT2D eigenvalue weighted by molar-refractivity contribution is 9.10. The van der Waals surface area contributed by atoms with Gasteiger partial charge in [-0.15, -0.1) is 11.8 Å². The number of ketones is 1. The van der Waals surface area contributed by atoms with Crippen LogP contribution < -0.4 is 0 Å². The van der Waals surface area contributed by atoms with Gasteiger partial charge < -0.3 is 0 Å². The van der Waals surface area contributed by atoms with E-state index in [2.05, 4.69) is 15.9 Å². The molecule has 0 bridgehead atoms. The smallest absolute Gasteiger partial charge is 0.168 e. The normalized spacial score (nSPS) is 10.5. The Hall–Kier alpha value is -1.13. The second-order valence-corrected chi connectivity index (χ2v) is 5.84. The summed E-state index contributed by atoms with van der Waals surface area (Å²) in [5, 5.41) is 0. The Kier molecular flexibility index (Phi) is 4.77. The molecular weight excluding hydrogens is 327 g/mol. The van der Waals surface area contributed by atoms with E-state index in [1.165, 1.54) is 23.9 Å². The maximum atomic E-state index is 13.3. The summed E-state index contributed by atoms with van der Waals surface area (Å²) in [5.74, 6) is -0.335. The van der Waals surface area contributed by atoms with Crippen LogP contribution in [0.4, 0.5) is 4.39 Å². The molecule has 0 spiro atoms. The second kappa shape index (κ2) is 6.35. The fourth-order valence-electron chi connectivity index (χ4n) is 1.87. The molecule has 0 aliphatic rings. The third kappa shape index (κ3) is 3.67. The topological polar surface area (TPSA) is 17.1 Å². The molecule has 0 aliphatic carbocycles. The van der Waals surface area contributed by atoms with Crippen molar-refractivity contribution < 1.29 is 9.18 Å². The lowest BCUT2D eigenvalue weighted by atomic mass is 10.0. The number of rotatable bonds is 4. The Morgan fingerprint density at radius 1 is 1.26 bits per heavy atom. The number of halogens is 2. The zero-order valence-corrected chi connectivity index (χ0v) is 12.7. The molecule has 0 amide bonds. The predicted molar refractivity (Wildman–Crippen MR) is 80.4 cm³/mol. The van der Waals surface area contributed by atoms with Crippen LogP contribution in [0, 0.1) is 5.82 Å². The van der Waals surface area contributed by atoms with E-state index in [-0.39, 0.29) is 18.0 Å². The molecule has 2 rings (SSSR count). The minimum absolute atomic E-state index is 0.00227. The van der Waals surface area contributed by atoms with Crippen molar-refractivity contribution in [3.63, 3.8) is 0 Å². The molecule has 0 saturated carbocycles. The fraction of sp³-hybridized carbons (Fsp3) is 0.133. The first-order chi connectivity index (χ1) is 9.10. The van der Waals surface area contributed by atoms with Gasteiger partial charge in [0.15, 0.2) is 5.78 Å². The fourth-order valence-corrected chi connectivity index (χ4v) is 3.00. The lowest BCUT2D eigenvalue weighted by Crippen LogP contribution is -2.05. The van der Waals surface area contributed by atoms with E-state index >= 15 is 0 Å². The summed E-state index contributed by atoms with van der Waals surface area (Å²) < 4.78 is 13.9. The van der Waals surface area contributed by atoms with Crippen molar-refractivity contribution in [3.8, 4) is 0 Å². The Morgan fingerprint density at radius 2 is 2.00 bits per heavy atom.